The second kappa shape index (κ2) is 5.34. The molecule has 104 valence electrons. The number of carboxylic acids is 1. The van der Waals surface area contributed by atoms with Gasteiger partial charge in [-0.3, -0.25) is 4.98 Å². The van der Waals surface area contributed by atoms with Crippen LogP contribution in [0.1, 0.15) is 10.5 Å². The quantitative estimate of drug-likeness (QED) is 0.772. The van der Waals surface area contributed by atoms with Crippen molar-refractivity contribution < 1.29 is 9.90 Å². The third-order valence-electron chi connectivity index (χ3n) is 2.86. The molecule has 2 N–H and O–H groups in total. The molecule has 3 aromatic rings. The van der Waals surface area contributed by atoms with E-state index in [0.717, 1.165) is 5.39 Å². The average Bonchev–Trinajstić information content (AvgIpc) is 2.51. The Morgan fingerprint density at radius 3 is 2.71 bits per heavy atom. The summed E-state index contributed by atoms with van der Waals surface area (Å²) in [6, 6.07) is 10.1. The van der Waals surface area contributed by atoms with Crippen LogP contribution >= 0.6 is 11.6 Å². The molecule has 1 aromatic carbocycles. The molecule has 0 aliphatic rings. The van der Waals surface area contributed by atoms with E-state index in [9.17, 15) is 4.79 Å². The van der Waals surface area contributed by atoms with Crippen molar-refractivity contribution in [1.29, 1.82) is 0 Å². The molecule has 0 amide bonds. The molecule has 2 aromatic heterocycles. The Labute approximate surface area is 124 Å². The second-order valence-corrected chi connectivity index (χ2v) is 4.64. The van der Waals surface area contributed by atoms with Crippen molar-refractivity contribution in [2.45, 2.75) is 0 Å². The highest BCUT2D eigenvalue weighted by Crippen LogP contribution is 2.29. The third kappa shape index (κ3) is 2.61. The van der Waals surface area contributed by atoms with Crippen LogP contribution in [0.5, 0.6) is 0 Å². The standard InChI is InChI=1S/C14H9ClN4O2/c15-9-3-4-10(13-8(9)2-1-7-16-13)17-12-6-5-11(14(20)21)18-19-12/h1-7H,(H,17,19)(H,20,21). The van der Waals surface area contributed by atoms with Crippen LogP contribution in [0, 0.1) is 0 Å². The summed E-state index contributed by atoms with van der Waals surface area (Å²) in [7, 11) is 0. The van der Waals surface area contributed by atoms with E-state index in [2.05, 4.69) is 20.5 Å². The minimum atomic E-state index is -1.12. The zero-order chi connectivity index (χ0) is 14.8. The lowest BCUT2D eigenvalue weighted by molar-refractivity contribution is 0.0689. The van der Waals surface area contributed by atoms with Gasteiger partial charge < -0.3 is 10.4 Å². The summed E-state index contributed by atoms with van der Waals surface area (Å²) in [5.74, 6) is -0.693. The Kier molecular flexibility index (Phi) is 3.37. The lowest BCUT2D eigenvalue weighted by Gasteiger charge is -2.09. The monoisotopic (exact) mass is 300 g/mol. The molecule has 0 saturated heterocycles. The Bertz CT molecular complexity index is 821. The van der Waals surface area contributed by atoms with Gasteiger partial charge in [0.25, 0.3) is 0 Å². The van der Waals surface area contributed by atoms with Gasteiger partial charge in [-0.05, 0) is 36.4 Å². The van der Waals surface area contributed by atoms with Crippen LogP contribution in [0.15, 0.2) is 42.6 Å². The number of nitrogens with zero attached hydrogens (tertiary/aromatic N) is 3. The van der Waals surface area contributed by atoms with Crippen molar-refractivity contribution in [3.05, 3.63) is 53.3 Å². The number of anilines is 2. The first-order valence-electron chi connectivity index (χ1n) is 6.02. The fourth-order valence-electron chi connectivity index (χ4n) is 1.89. The van der Waals surface area contributed by atoms with Crippen molar-refractivity contribution in [1.82, 2.24) is 15.2 Å². The minimum Gasteiger partial charge on any atom is -0.476 e. The number of nitrogens with one attached hydrogen (secondary N) is 1. The first kappa shape index (κ1) is 13.3. The van der Waals surface area contributed by atoms with Crippen molar-refractivity contribution in [2.75, 3.05) is 5.32 Å². The summed E-state index contributed by atoms with van der Waals surface area (Å²) in [6.45, 7) is 0. The van der Waals surface area contributed by atoms with Gasteiger partial charge in [0.05, 0.1) is 16.2 Å². The molecule has 7 heteroatoms. The topological polar surface area (TPSA) is 88.0 Å². The van der Waals surface area contributed by atoms with Crippen LogP contribution in [0.2, 0.25) is 5.02 Å². The van der Waals surface area contributed by atoms with Crippen LogP contribution in [0.3, 0.4) is 0 Å². The van der Waals surface area contributed by atoms with E-state index in [0.29, 0.717) is 22.0 Å². The first-order chi connectivity index (χ1) is 10.1. The van der Waals surface area contributed by atoms with Crippen LogP contribution in [-0.2, 0) is 0 Å². The number of hydrogen-bond donors (Lipinski definition) is 2. The Balaban J connectivity index is 1.98. The van der Waals surface area contributed by atoms with E-state index in [1.54, 1.807) is 30.5 Å². The summed E-state index contributed by atoms with van der Waals surface area (Å²) in [4.78, 5) is 15.0. The normalized spacial score (nSPS) is 10.5. The zero-order valence-corrected chi connectivity index (χ0v) is 11.4. The van der Waals surface area contributed by atoms with E-state index in [1.807, 2.05) is 6.07 Å². The number of aromatic nitrogens is 3. The van der Waals surface area contributed by atoms with Gasteiger partial charge in [0.15, 0.2) is 11.5 Å². The van der Waals surface area contributed by atoms with Crippen molar-refractivity contribution in [3.8, 4) is 0 Å². The highest BCUT2D eigenvalue weighted by atomic mass is 35.5. The van der Waals surface area contributed by atoms with Crippen LogP contribution in [-0.4, -0.2) is 26.3 Å². The SMILES string of the molecule is O=C(O)c1ccc(Nc2ccc(Cl)c3cccnc23)nn1. The van der Waals surface area contributed by atoms with E-state index < -0.39 is 5.97 Å². The van der Waals surface area contributed by atoms with E-state index >= 15 is 0 Å². The summed E-state index contributed by atoms with van der Waals surface area (Å²) in [5, 5.41) is 20.7. The molecule has 6 nitrogen and oxygen atoms in total. The summed E-state index contributed by atoms with van der Waals surface area (Å²) in [6.07, 6.45) is 1.67. The van der Waals surface area contributed by atoms with Crippen molar-refractivity contribution in [2.24, 2.45) is 0 Å². The predicted molar refractivity (Wildman–Crippen MR) is 79.0 cm³/mol. The van der Waals surface area contributed by atoms with Crippen LogP contribution in [0.4, 0.5) is 11.5 Å². The predicted octanol–water partition coefficient (Wildman–Crippen LogP) is 3.12. The number of carboxylic acid groups (broad SMARTS) is 1. The number of rotatable bonds is 3. The molecule has 21 heavy (non-hydrogen) atoms. The summed E-state index contributed by atoms with van der Waals surface area (Å²) < 4.78 is 0. The highest BCUT2D eigenvalue weighted by Gasteiger charge is 2.08. The molecule has 0 saturated carbocycles. The fraction of sp³-hybridized carbons (Fsp3) is 0. The van der Waals surface area contributed by atoms with Gasteiger partial charge in [-0.15, -0.1) is 10.2 Å². The smallest absolute Gasteiger partial charge is 0.356 e. The van der Waals surface area contributed by atoms with E-state index in [1.165, 1.54) is 6.07 Å². The maximum atomic E-state index is 10.7. The largest absolute Gasteiger partial charge is 0.476 e. The molecule has 0 fully saturated rings. The molecular weight excluding hydrogens is 292 g/mol. The van der Waals surface area contributed by atoms with Gasteiger partial charge in [-0.2, -0.15) is 0 Å². The minimum absolute atomic E-state index is 0.111. The molecule has 2 heterocycles. The molecule has 0 radical (unpaired) electrons. The number of hydrogen-bond acceptors (Lipinski definition) is 5. The lowest BCUT2D eigenvalue weighted by Crippen LogP contribution is -2.03. The Hall–Kier alpha value is -2.73. The maximum Gasteiger partial charge on any atom is 0.356 e. The van der Waals surface area contributed by atoms with Gasteiger partial charge in [0.1, 0.15) is 0 Å². The first-order valence-corrected chi connectivity index (χ1v) is 6.40. The number of benzene rings is 1. The number of pyridine rings is 1. The Morgan fingerprint density at radius 2 is 2.00 bits per heavy atom. The third-order valence-corrected chi connectivity index (χ3v) is 3.19. The van der Waals surface area contributed by atoms with Gasteiger partial charge >= 0.3 is 5.97 Å². The maximum absolute atomic E-state index is 10.7. The Morgan fingerprint density at radius 1 is 1.14 bits per heavy atom. The zero-order valence-electron chi connectivity index (χ0n) is 10.6. The molecule has 0 spiro atoms. The second-order valence-electron chi connectivity index (χ2n) is 4.23. The van der Waals surface area contributed by atoms with Gasteiger partial charge in [-0.1, -0.05) is 11.6 Å². The molecule has 0 unspecified atom stereocenters. The van der Waals surface area contributed by atoms with Gasteiger partial charge in [0.2, 0.25) is 0 Å². The molecule has 0 aliphatic carbocycles. The van der Waals surface area contributed by atoms with Crippen molar-refractivity contribution in [3.63, 3.8) is 0 Å². The molecular formula is C14H9ClN4O2. The average molecular weight is 301 g/mol. The summed E-state index contributed by atoms with van der Waals surface area (Å²) in [5.41, 5.74) is 1.31. The molecule has 3 rings (SSSR count). The molecule has 0 aliphatic heterocycles. The number of fused-ring (bicyclic) bond motifs is 1. The van der Waals surface area contributed by atoms with E-state index in [4.69, 9.17) is 16.7 Å². The van der Waals surface area contributed by atoms with Gasteiger partial charge in [-0.25, -0.2) is 4.79 Å². The lowest BCUT2D eigenvalue weighted by atomic mass is 10.2. The summed E-state index contributed by atoms with van der Waals surface area (Å²) >= 11 is 6.13. The number of carbonyl (C=O) groups is 1. The van der Waals surface area contributed by atoms with Crippen LogP contribution in [0.25, 0.3) is 10.9 Å². The molecule has 0 bridgehead atoms. The number of halogens is 1. The van der Waals surface area contributed by atoms with Crippen LogP contribution < -0.4 is 5.32 Å². The molecule has 0 atom stereocenters. The van der Waals surface area contributed by atoms with E-state index in [-0.39, 0.29) is 5.69 Å². The fourth-order valence-corrected chi connectivity index (χ4v) is 2.11. The number of aromatic carboxylic acids is 1. The highest BCUT2D eigenvalue weighted by molar-refractivity contribution is 6.35. The van der Waals surface area contributed by atoms with Gasteiger partial charge in [0, 0.05) is 11.6 Å². The van der Waals surface area contributed by atoms with Crippen molar-refractivity contribution >= 4 is 40.0 Å².